The molecule has 3 heterocycles. The summed E-state index contributed by atoms with van der Waals surface area (Å²) in [6, 6.07) is 2.02. The van der Waals surface area contributed by atoms with Crippen molar-refractivity contribution in [3.05, 3.63) is 18.6 Å². The van der Waals surface area contributed by atoms with Gasteiger partial charge < -0.3 is 9.47 Å². The van der Waals surface area contributed by atoms with Gasteiger partial charge in [-0.1, -0.05) is 15.9 Å². The Morgan fingerprint density at radius 2 is 2.00 bits per heavy atom. The highest BCUT2D eigenvalue weighted by Gasteiger charge is 2.20. The van der Waals surface area contributed by atoms with E-state index in [9.17, 15) is 0 Å². The average molecular weight is 324 g/mol. The number of aryl methyl sites for hydroxylation is 1. The summed E-state index contributed by atoms with van der Waals surface area (Å²) in [5, 5.41) is 1.04. The molecule has 3 rings (SSSR count). The summed E-state index contributed by atoms with van der Waals surface area (Å²) in [7, 11) is 2.02. The predicted molar refractivity (Wildman–Crippen MR) is 81.0 cm³/mol. The summed E-state index contributed by atoms with van der Waals surface area (Å²) in [4.78, 5) is 13.8. The summed E-state index contributed by atoms with van der Waals surface area (Å²) in [5.74, 6) is 1.02. The van der Waals surface area contributed by atoms with Crippen LogP contribution in [0.3, 0.4) is 0 Å². The van der Waals surface area contributed by atoms with Crippen LogP contribution in [0.5, 0.6) is 0 Å². The second-order valence-electron chi connectivity index (χ2n) is 4.88. The summed E-state index contributed by atoms with van der Waals surface area (Å²) >= 11 is 3.50. The Balaban J connectivity index is 1.82. The van der Waals surface area contributed by atoms with E-state index in [1.807, 2.05) is 30.2 Å². The maximum absolute atomic E-state index is 4.54. The van der Waals surface area contributed by atoms with E-state index in [-0.39, 0.29) is 0 Å². The van der Waals surface area contributed by atoms with Crippen LogP contribution >= 0.6 is 15.9 Å². The Bertz CT molecular complexity index is 559. The number of alkyl halides is 1. The zero-order valence-electron chi connectivity index (χ0n) is 11.1. The van der Waals surface area contributed by atoms with Gasteiger partial charge in [0.25, 0.3) is 0 Å². The van der Waals surface area contributed by atoms with Crippen molar-refractivity contribution in [1.82, 2.24) is 19.4 Å². The van der Waals surface area contributed by atoms with E-state index in [0.29, 0.717) is 0 Å². The van der Waals surface area contributed by atoms with Gasteiger partial charge >= 0.3 is 0 Å². The lowest BCUT2D eigenvalue weighted by Gasteiger charge is -2.35. The molecular formula is C13H18BrN5. The van der Waals surface area contributed by atoms with E-state index in [1.54, 1.807) is 0 Å². The maximum Gasteiger partial charge on any atom is 0.156 e. The zero-order chi connectivity index (χ0) is 13.2. The molecule has 0 aromatic carbocycles. The molecule has 2 aromatic heterocycles. The van der Waals surface area contributed by atoms with Crippen molar-refractivity contribution in [3.63, 3.8) is 0 Å². The quantitative estimate of drug-likeness (QED) is 0.802. The molecule has 5 nitrogen and oxygen atoms in total. The van der Waals surface area contributed by atoms with Gasteiger partial charge in [-0.2, -0.15) is 0 Å². The van der Waals surface area contributed by atoms with Crippen LogP contribution in [0.25, 0.3) is 11.0 Å². The average Bonchev–Trinajstić information content (AvgIpc) is 2.82. The summed E-state index contributed by atoms with van der Waals surface area (Å²) in [6.45, 7) is 5.35. The van der Waals surface area contributed by atoms with E-state index in [0.717, 1.165) is 54.9 Å². The largest absolute Gasteiger partial charge is 0.352 e. The van der Waals surface area contributed by atoms with Gasteiger partial charge in [-0.15, -0.1) is 0 Å². The number of imidazole rings is 1. The molecule has 0 N–H and O–H groups in total. The number of fused-ring (bicyclic) bond motifs is 1. The minimum atomic E-state index is 1.01. The third-order valence-electron chi connectivity index (χ3n) is 3.70. The van der Waals surface area contributed by atoms with Crippen LogP contribution in [-0.4, -0.2) is 57.5 Å². The third kappa shape index (κ3) is 2.47. The van der Waals surface area contributed by atoms with Crippen LogP contribution < -0.4 is 4.90 Å². The van der Waals surface area contributed by atoms with Crippen LogP contribution in [0, 0.1) is 0 Å². The number of rotatable bonds is 3. The van der Waals surface area contributed by atoms with E-state index < -0.39 is 0 Å². The highest BCUT2D eigenvalue weighted by Crippen LogP contribution is 2.23. The maximum atomic E-state index is 4.54. The predicted octanol–water partition coefficient (Wildman–Crippen LogP) is 1.49. The Hall–Kier alpha value is -1.14. The van der Waals surface area contributed by atoms with Crippen molar-refractivity contribution >= 4 is 32.8 Å². The normalized spacial score (nSPS) is 17.3. The summed E-state index contributed by atoms with van der Waals surface area (Å²) in [5.41, 5.74) is 2.16. The number of pyridine rings is 1. The van der Waals surface area contributed by atoms with E-state index in [2.05, 4.69) is 35.7 Å². The molecule has 1 aliphatic rings. The molecule has 0 atom stereocenters. The third-order valence-corrected chi connectivity index (χ3v) is 4.05. The second-order valence-corrected chi connectivity index (χ2v) is 5.67. The first kappa shape index (κ1) is 12.9. The number of halogens is 1. The SMILES string of the molecule is Cn1cnc2c(N3CCN(CCBr)CC3)nccc21. The molecule has 102 valence electrons. The molecule has 1 fully saturated rings. The number of anilines is 1. The molecule has 0 aliphatic carbocycles. The number of piperazine rings is 1. The lowest BCUT2D eigenvalue weighted by atomic mass is 10.3. The number of nitrogens with zero attached hydrogens (tertiary/aromatic N) is 5. The van der Waals surface area contributed by atoms with Crippen molar-refractivity contribution in [2.24, 2.45) is 7.05 Å². The first-order valence-electron chi connectivity index (χ1n) is 6.59. The summed E-state index contributed by atoms with van der Waals surface area (Å²) in [6.07, 6.45) is 3.74. The van der Waals surface area contributed by atoms with E-state index >= 15 is 0 Å². The monoisotopic (exact) mass is 323 g/mol. The van der Waals surface area contributed by atoms with Crippen molar-refractivity contribution < 1.29 is 0 Å². The molecule has 0 saturated carbocycles. The summed E-state index contributed by atoms with van der Waals surface area (Å²) < 4.78 is 2.04. The molecule has 19 heavy (non-hydrogen) atoms. The Kier molecular flexibility index (Phi) is 3.70. The highest BCUT2D eigenvalue weighted by atomic mass is 79.9. The molecular weight excluding hydrogens is 306 g/mol. The molecule has 0 bridgehead atoms. The lowest BCUT2D eigenvalue weighted by Crippen LogP contribution is -2.47. The van der Waals surface area contributed by atoms with Gasteiger partial charge in [0.05, 0.1) is 11.8 Å². The van der Waals surface area contributed by atoms with Crippen molar-refractivity contribution in [2.75, 3.05) is 43.0 Å². The molecule has 6 heteroatoms. The number of hydrogen-bond acceptors (Lipinski definition) is 4. The number of aromatic nitrogens is 3. The molecule has 1 saturated heterocycles. The van der Waals surface area contributed by atoms with Gasteiger partial charge in [-0.25, -0.2) is 9.97 Å². The number of hydrogen-bond donors (Lipinski definition) is 0. The Morgan fingerprint density at radius 3 is 2.74 bits per heavy atom. The first-order chi connectivity index (χ1) is 9.29. The van der Waals surface area contributed by atoms with E-state index in [4.69, 9.17) is 0 Å². The van der Waals surface area contributed by atoms with Crippen LogP contribution in [0.15, 0.2) is 18.6 Å². The van der Waals surface area contributed by atoms with Gasteiger partial charge in [0.1, 0.15) is 5.52 Å². The smallest absolute Gasteiger partial charge is 0.156 e. The van der Waals surface area contributed by atoms with Gasteiger partial charge in [-0.3, -0.25) is 4.90 Å². The van der Waals surface area contributed by atoms with E-state index in [1.165, 1.54) is 0 Å². The van der Waals surface area contributed by atoms with Gasteiger partial charge in [0, 0.05) is 51.3 Å². The van der Waals surface area contributed by atoms with Crippen molar-refractivity contribution in [3.8, 4) is 0 Å². The topological polar surface area (TPSA) is 37.2 Å². The van der Waals surface area contributed by atoms with Gasteiger partial charge in [0.2, 0.25) is 0 Å². The second kappa shape index (κ2) is 5.46. The molecule has 0 amide bonds. The van der Waals surface area contributed by atoms with Crippen LogP contribution in [0.4, 0.5) is 5.82 Å². The van der Waals surface area contributed by atoms with Crippen LogP contribution in [0.1, 0.15) is 0 Å². The molecule has 2 aromatic rings. The fraction of sp³-hybridized carbons (Fsp3) is 0.538. The van der Waals surface area contributed by atoms with Crippen LogP contribution in [-0.2, 0) is 7.05 Å². The zero-order valence-corrected chi connectivity index (χ0v) is 12.7. The standard InChI is InChI=1S/C13H18BrN5/c1-17-10-16-12-11(17)2-4-15-13(12)19-8-6-18(5-3-14)7-9-19/h2,4,10H,3,5-9H2,1H3. The van der Waals surface area contributed by atoms with Gasteiger partial charge in [0.15, 0.2) is 5.82 Å². The highest BCUT2D eigenvalue weighted by molar-refractivity contribution is 9.09. The first-order valence-corrected chi connectivity index (χ1v) is 7.71. The van der Waals surface area contributed by atoms with Crippen LogP contribution in [0.2, 0.25) is 0 Å². The molecule has 0 spiro atoms. The molecule has 1 aliphatic heterocycles. The minimum Gasteiger partial charge on any atom is -0.352 e. The lowest BCUT2D eigenvalue weighted by molar-refractivity contribution is 0.273. The molecule has 0 radical (unpaired) electrons. The van der Waals surface area contributed by atoms with Crippen molar-refractivity contribution in [2.45, 2.75) is 0 Å². The Morgan fingerprint density at radius 1 is 1.21 bits per heavy atom. The molecule has 0 unspecified atom stereocenters. The van der Waals surface area contributed by atoms with Crippen molar-refractivity contribution in [1.29, 1.82) is 0 Å². The Labute approximate surface area is 121 Å². The fourth-order valence-corrected chi connectivity index (χ4v) is 3.08. The fourth-order valence-electron chi connectivity index (χ4n) is 2.58. The van der Waals surface area contributed by atoms with Gasteiger partial charge in [-0.05, 0) is 6.07 Å². The minimum absolute atomic E-state index is 1.01.